The highest BCUT2D eigenvalue weighted by atomic mass is 79.9. The number of nitrogens with one attached hydrogen (secondary N) is 2. The minimum Gasteiger partial charge on any atom is -0.495 e. The fraction of sp³-hybridized carbons (Fsp3) is 0.0588. The molecule has 3 aromatic rings. The maximum Gasteiger partial charge on any atom is 0.159 e. The van der Waals surface area contributed by atoms with Crippen molar-refractivity contribution in [3.8, 4) is 5.75 Å². The first-order valence-corrected chi connectivity index (χ1v) is 8.47. The van der Waals surface area contributed by atoms with Crippen LogP contribution < -0.4 is 21.1 Å². The minimum atomic E-state index is 0.379. The van der Waals surface area contributed by atoms with Gasteiger partial charge in [0.15, 0.2) is 11.6 Å². The molecule has 0 fully saturated rings. The highest BCUT2D eigenvalue weighted by Crippen LogP contribution is 2.33. The van der Waals surface area contributed by atoms with E-state index >= 15 is 0 Å². The van der Waals surface area contributed by atoms with Crippen molar-refractivity contribution >= 4 is 56.2 Å². The first-order valence-electron chi connectivity index (χ1n) is 7.30. The topological polar surface area (TPSA) is 85.1 Å². The summed E-state index contributed by atoms with van der Waals surface area (Å²) in [5.41, 5.74) is 8.10. The molecule has 0 unspecified atom stereocenters. The zero-order valence-corrected chi connectivity index (χ0v) is 15.6. The SMILES string of the molecule is COc1ccc(Cl)cc1Nc1ncnc(Nc2cccc(Br)c2)c1N. The van der Waals surface area contributed by atoms with Crippen molar-refractivity contribution in [2.75, 3.05) is 23.5 Å². The summed E-state index contributed by atoms with van der Waals surface area (Å²) in [4.78, 5) is 8.41. The number of ether oxygens (including phenoxy) is 1. The van der Waals surface area contributed by atoms with Crippen molar-refractivity contribution in [2.45, 2.75) is 0 Å². The molecule has 0 spiro atoms. The van der Waals surface area contributed by atoms with E-state index in [4.69, 9.17) is 22.1 Å². The predicted octanol–water partition coefficient (Wildman–Crippen LogP) is 4.97. The van der Waals surface area contributed by atoms with Gasteiger partial charge in [-0.3, -0.25) is 0 Å². The van der Waals surface area contributed by atoms with Crippen molar-refractivity contribution in [1.82, 2.24) is 9.97 Å². The van der Waals surface area contributed by atoms with E-state index < -0.39 is 0 Å². The summed E-state index contributed by atoms with van der Waals surface area (Å²) in [5, 5.41) is 6.88. The molecule has 4 N–H and O–H groups in total. The first-order chi connectivity index (χ1) is 12.1. The van der Waals surface area contributed by atoms with Gasteiger partial charge in [0.2, 0.25) is 0 Å². The highest BCUT2D eigenvalue weighted by Gasteiger charge is 2.11. The number of nitrogens with zero attached hydrogens (tertiary/aromatic N) is 2. The van der Waals surface area contributed by atoms with E-state index in [-0.39, 0.29) is 0 Å². The summed E-state index contributed by atoms with van der Waals surface area (Å²) in [7, 11) is 1.58. The predicted molar refractivity (Wildman–Crippen MR) is 105 cm³/mol. The summed E-state index contributed by atoms with van der Waals surface area (Å²) in [6, 6.07) is 12.9. The fourth-order valence-corrected chi connectivity index (χ4v) is 2.77. The number of anilines is 5. The van der Waals surface area contributed by atoms with Crippen molar-refractivity contribution in [1.29, 1.82) is 0 Å². The van der Waals surface area contributed by atoms with Gasteiger partial charge in [-0.05, 0) is 36.4 Å². The number of nitrogens with two attached hydrogens (primary N) is 1. The molecule has 8 heteroatoms. The fourth-order valence-electron chi connectivity index (χ4n) is 2.20. The molecule has 3 rings (SSSR count). The van der Waals surface area contributed by atoms with Crippen LogP contribution in [0.15, 0.2) is 53.3 Å². The van der Waals surface area contributed by atoms with Gasteiger partial charge in [0.1, 0.15) is 17.8 Å². The normalized spacial score (nSPS) is 10.4. The quantitative estimate of drug-likeness (QED) is 0.540. The van der Waals surface area contributed by atoms with Crippen LogP contribution in [-0.2, 0) is 0 Å². The summed E-state index contributed by atoms with van der Waals surface area (Å²) in [6.07, 6.45) is 1.43. The Morgan fingerprint density at radius 1 is 1.08 bits per heavy atom. The van der Waals surface area contributed by atoms with Crippen molar-refractivity contribution in [2.24, 2.45) is 0 Å². The molecule has 1 heterocycles. The molecule has 0 saturated carbocycles. The maximum absolute atomic E-state index is 6.21. The minimum absolute atomic E-state index is 0.379. The van der Waals surface area contributed by atoms with Crippen LogP contribution in [0.1, 0.15) is 0 Å². The Hall–Kier alpha value is -2.51. The lowest BCUT2D eigenvalue weighted by Gasteiger charge is -2.14. The molecule has 0 bridgehead atoms. The Kier molecular flexibility index (Phi) is 5.25. The third-order valence-electron chi connectivity index (χ3n) is 3.39. The number of nitrogen functional groups attached to an aromatic ring is 1. The summed E-state index contributed by atoms with van der Waals surface area (Å²) >= 11 is 9.49. The van der Waals surface area contributed by atoms with E-state index in [9.17, 15) is 0 Å². The van der Waals surface area contributed by atoms with E-state index in [1.807, 2.05) is 24.3 Å². The van der Waals surface area contributed by atoms with Crippen molar-refractivity contribution in [3.05, 3.63) is 58.3 Å². The van der Waals surface area contributed by atoms with E-state index in [1.165, 1.54) is 6.33 Å². The molecule has 25 heavy (non-hydrogen) atoms. The largest absolute Gasteiger partial charge is 0.495 e. The molecule has 0 atom stereocenters. The summed E-state index contributed by atoms with van der Waals surface area (Å²) in [5.74, 6) is 1.58. The first kappa shape index (κ1) is 17.3. The van der Waals surface area contributed by atoms with Gasteiger partial charge >= 0.3 is 0 Å². The van der Waals surface area contributed by atoms with Crippen LogP contribution >= 0.6 is 27.5 Å². The van der Waals surface area contributed by atoms with Gasteiger partial charge in [-0.1, -0.05) is 33.6 Å². The number of rotatable bonds is 5. The average Bonchev–Trinajstić information content (AvgIpc) is 2.59. The van der Waals surface area contributed by atoms with Gasteiger partial charge in [-0.25, -0.2) is 9.97 Å². The lowest BCUT2D eigenvalue weighted by Crippen LogP contribution is -2.05. The van der Waals surface area contributed by atoms with Gasteiger partial charge in [-0.2, -0.15) is 0 Å². The van der Waals surface area contributed by atoms with E-state index in [1.54, 1.807) is 25.3 Å². The molecule has 1 aromatic heterocycles. The van der Waals surface area contributed by atoms with E-state index in [2.05, 4.69) is 36.5 Å². The number of hydrogen-bond donors (Lipinski definition) is 3. The number of aromatic nitrogens is 2. The van der Waals surface area contributed by atoms with Crippen LogP contribution in [0, 0.1) is 0 Å². The molecular formula is C17H15BrClN5O. The highest BCUT2D eigenvalue weighted by molar-refractivity contribution is 9.10. The molecule has 0 saturated heterocycles. The third kappa shape index (κ3) is 4.12. The van der Waals surface area contributed by atoms with E-state index in [0.29, 0.717) is 33.8 Å². The Morgan fingerprint density at radius 3 is 2.56 bits per heavy atom. The van der Waals surface area contributed by atoms with Crippen molar-refractivity contribution < 1.29 is 4.74 Å². The number of hydrogen-bond acceptors (Lipinski definition) is 6. The molecule has 0 aliphatic rings. The number of methoxy groups -OCH3 is 1. The van der Waals surface area contributed by atoms with Crippen molar-refractivity contribution in [3.63, 3.8) is 0 Å². The molecule has 0 amide bonds. The van der Waals surface area contributed by atoms with Crippen LogP contribution in [0.5, 0.6) is 5.75 Å². The van der Waals surface area contributed by atoms with E-state index in [0.717, 1.165) is 10.2 Å². The van der Waals surface area contributed by atoms with Gasteiger partial charge in [-0.15, -0.1) is 0 Å². The Balaban J connectivity index is 1.90. The Morgan fingerprint density at radius 2 is 1.84 bits per heavy atom. The number of benzene rings is 2. The molecule has 128 valence electrons. The summed E-state index contributed by atoms with van der Waals surface area (Å²) < 4.78 is 6.28. The second-order valence-electron chi connectivity index (χ2n) is 5.09. The average molecular weight is 421 g/mol. The third-order valence-corrected chi connectivity index (χ3v) is 4.11. The Bertz CT molecular complexity index is 906. The van der Waals surface area contributed by atoms with Crippen LogP contribution in [0.3, 0.4) is 0 Å². The second kappa shape index (κ2) is 7.58. The van der Waals surface area contributed by atoms with Crippen LogP contribution in [0.4, 0.5) is 28.7 Å². The standard InChI is InChI=1S/C17H15BrClN5O/c1-25-14-6-5-11(19)8-13(14)24-17-15(20)16(21-9-22-17)23-12-4-2-3-10(18)7-12/h2-9H,20H2,1H3,(H2,21,22,23,24). The molecule has 6 nitrogen and oxygen atoms in total. The van der Waals surface area contributed by atoms with Gasteiger partial charge < -0.3 is 21.1 Å². The summed E-state index contributed by atoms with van der Waals surface area (Å²) in [6.45, 7) is 0. The van der Waals surface area contributed by atoms with Gasteiger partial charge in [0.25, 0.3) is 0 Å². The van der Waals surface area contributed by atoms with Crippen LogP contribution in [-0.4, -0.2) is 17.1 Å². The van der Waals surface area contributed by atoms with Gasteiger partial charge in [0.05, 0.1) is 12.8 Å². The second-order valence-corrected chi connectivity index (χ2v) is 6.44. The maximum atomic E-state index is 6.21. The molecule has 0 aliphatic heterocycles. The molecule has 2 aromatic carbocycles. The molecule has 0 aliphatic carbocycles. The zero-order chi connectivity index (χ0) is 17.8. The Labute approximate surface area is 158 Å². The monoisotopic (exact) mass is 419 g/mol. The smallest absolute Gasteiger partial charge is 0.159 e. The number of halogens is 2. The molecule has 0 radical (unpaired) electrons. The lowest BCUT2D eigenvalue weighted by molar-refractivity contribution is 0.417. The lowest BCUT2D eigenvalue weighted by atomic mass is 10.2. The van der Waals surface area contributed by atoms with Crippen LogP contribution in [0.25, 0.3) is 0 Å². The zero-order valence-electron chi connectivity index (χ0n) is 13.3. The molecular weight excluding hydrogens is 406 g/mol. The van der Waals surface area contributed by atoms with Crippen LogP contribution in [0.2, 0.25) is 5.02 Å². The van der Waals surface area contributed by atoms with Gasteiger partial charge in [0, 0.05) is 15.2 Å².